The van der Waals surface area contributed by atoms with Crippen molar-refractivity contribution >= 4 is 15.7 Å². The minimum absolute atomic E-state index is 0.378. The highest BCUT2D eigenvalue weighted by Gasteiger charge is 2.04. The molecule has 0 aliphatic heterocycles. The average Bonchev–Trinajstić information content (AvgIpc) is 1.93. The zero-order valence-electron chi connectivity index (χ0n) is 7.33. The molecule has 1 aromatic carbocycles. The Bertz CT molecular complexity index is 414. The van der Waals surface area contributed by atoms with Crippen LogP contribution in [0.15, 0.2) is 18.2 Å². The highest BCUT2D eigenvalue weighted by atomic mass is 32.2. The Morgan fingerprint density at radius 1 is 1.38 bits per heavy atom. The van der Waals surface area contributed by atoms with Crippen LogP contribution in [0.5, 0.6) is 0 Å². The zero-order valence-corrected chi connectivity index (χ0v) is 8.15. The van der Waals surface area contributed by atoms with Crippen molar-refractivity contribution in [3.63, 3.8) is 0 Å². The number of rotatable bonds is 2. The van der Waals surface area contributed by atoms with Crippen molar-refractivity contribution in [2.75, 3.05) is 11.0 Å². The number of sulfonamides is 1. The Morgan fingerprint density at radius 2 is 2.00 bits per heavy atom. The number of aryl methyl sites for hydroxylation is 1. The third-order valence-corrected chi connectivity index (χ3v) is 2.07. The van der Waals surface area contributed by atoms with Crippen LogP contribution in [0.25, 0.3) is 0 Å². The molecule has 0 amide bonds. The van der Waals surface area contributed by atoms with E-state index in [1.807, 2.05) is 0 Å². The second-order valence-electron chi connectivity index (χ2n) is 2.83. The van der Waals surface area contributed by atoms with Gasteiger partial charge in [-0.25, -0.2) is 12.8 Å². The topological polar surface area (TPSA) is 46.2 Å². The van der Waals surface area contributed by atoms with E-state index < -0.39 is 10.0 Å². The number of halogens is 1. The predicted molar refractivity (Wildman–Crippen MR) is 49.6 cm³/mol. The molecule has 0 aliphatic rings. The van der Waals surface area contributed by atoms with Crippen LogP contribution in [0.4, 0.5) is 10.1 Å². The molecule has 0 aromatic heterocycles. The summed E-state index contributed by atoms with van der Waals surface area (Å²) in [5, 5.41) is 0. The van der Waals surface area contributed by atoms with Crippen molar-refractivity contribution in [1.29, 1.82) is 0 Å². The molecule has 0 bridgehead atoms. The van der Waals surface area contributed by atoms with Crippen LogP contribution in [0.1, 0.15) is 5.56 Å². The Balaban J connectivity index is 3.04. The molecule has 0 saturated heterocycles. The molecule has 13 heavy (non-hydrogen) atoms. The average molecular weight is 203 g/mol. The molecule has 0 saturated carbocycles. The largest absolute Gasteiger partial charge is 0.284 e. The lowest BCUT2D eigenvalue weighted by Gasteiger charge is -2.06. The van der Waals surface area contributed by atoms with Crippen LogP contribution < -0.4 is 4.72 Å². The van der Waals surface area contributed by atoms with Gasteiger partial charge in [0, 0.05) is 0 Å². The molecule has 1 N–H and O–H groups in total. The number of benzene rings is 1. The monoisotopic (exact) mass is 203 g/mol. The summed E-state index contributed by atoms with van der Waals surface area (Å²) in [4.78, 5) is 0. The minimum atomic E-state index is -3.28. The van der Waals surface area contributed by atoms with Crippen molar-refractivity contribution in [1.82, 2.24) is 0 Å². The van der Waals surface area contributed by atoms with Crippen LogP contribution >= 0.6 is 0 Å². The van der Waals surface area contributed by atoms with E-state index >= 15 is 0 Å². The summed E-state index contributed by atoms with van der Waals surface area (Å²) >= 11 is 0. The number of anilines is 1. The molecule has 0 fully saturated rings. The molecule has 1 aromatic rings. The number of hydrogen-bond acceptors (Lipinski definition) is 2. The van der Waals surface area contributed by atoms with Crippen molar-refractivity contribution in [2.45, 2.75) is 6.92 Å². The summed E-state index contributed by atoms with van der Waals surface area (Å²) in [5.74, 6) is -0.378. The molecular weight excluding hydrogens is 193 g/mol. The van der Waals surface area contributed by atoms with Gasteiger partial charge in [0.2, 0.25) is 10.0 Å². The van der Waals surface area contributed by atoms with Crippen molar-refractivity contribution in [3.8, 4) is 0 Å². The summed E-state index contributed by atoms with van der Waals surface area (Å²) < 4.78 is 36.6. The second kappa shape index (κ2) is 3.33. The van der Waals surface area contributed by atoms with E-state index in [2.05, 4.69) is 4.72 Å². The summed E-state index contributed by atoms with van der Waals surface area (Å²) in [5.41, 5.74) is 0.967. The zero-order chi connectivity index (χ0) is 10.1. The molecule has 0 atom stereocenters. The van der Waals surface area contributed by atoms with E-state index in [4.69, 9.17) is 0 Å². The SMILES string of the molecule is Cc1cc(F)ccc1NS(C)(=O)=O. The summed E-state index contributed by atoms with van der Waals surface area (Å²) in [6, 6.07) is 3.87. The fourth-order valence-corrected chi connectivity index (χ4v) is 1.57. The lowest BCUT2D eigenvalue weighted by atomic mass is 10.2. The van der Waals surface area contributed by atoms with E-state index in [0.29, 0.717) is 11.3 Å². The normalized spacial score (nSPS) is 11.3. The van der Waals surface area contributed by atoms with E-state index in [0.717, 1.165) is 6.26 Å². The van der Waals surface area contributed by atoms with Gasteiger partial charge in [-0.1, -0.05) is 0 Å². The van der Waals surface area contributed by atoms with Gasteiger partial charge in [0.1, 0.15) is 5.82 Å². The fraction of sp³-hybridized carbons (Fsp3) is 0.250. The van der Waals surface area contributed by atoms with Gasteiger partial charge in [-0.2, -0.15) is 0 Å². The molecule has 72 valence electrons. The first-order chi connectivity index (χ1) is 5.88. The van der Waals surface area contributed by atoms with E-state index in [9.17, 15) is 12.8 Å². The smallest absolute Gasteiger partial charge is 0.229 e. The second-order valence-corrected chi connectivity index (χ2v) is 4.58. The predicted octanol–water partition coefficient (Wildman–Crippen LogP) is 1.51. The summed E-state index contributed by atoms with van der Waals surface area (Å²) in [7, 11) is -3.28. The maximum atomic E-state index is 12.6. The van der Waals surface area contributed by atoms with Crippen molar-refractivity contribution in [3.05, 3.63) is 29.6 Å². The third kappa shape index (κ3) is 3.02. The Kier molecular flexibility index (Phi) is 2.56. The maximum absolute atomic E-state index is 12.6. The van der Waals surface area contributed by atoms with Crippen molar-refractivity contribution < 1.29 is 12.8 Å². The van der Waals surface area contributed by atoms with Gasteiger partial charge in [-0.15, -0.1) is 0 Å². The highest BCUT2D eigenvalue weighted by Crippen LogP contribution is 2.16. The minimum Gasteiger partial charge on any atom is -0.284 e. The lowest BCUT2D eigenvalue weighted by Crippen LogP contribution is -2.10. The molecule has 0 radical (unpaired) electrons. The van der Waals surface area contributed by atoms with Crippen LogP contribution in [0, 0.1) is 12.7 Å². The fourth-order valence-electron chi connectivity index (χ4n) is 0.941. The molecule has 0 unspecified atom stereocenters. The molecule has 0 heterocycles. The Labute approximate surface area is 76.6 Å². The van der Waals surface area contributed by atoms with Crippen LogP contribution in [-0.4, -0.2) is 14.7 Å². The Morgan fingerprint density at radius 3 is 2.46 bits per heavy atom. The molecule has 1 rings (SSSR count). The van der Waals surface area contributed by atoms with Gasteiger partial charge in [0.15, 0.2) is 0 Å². The Hall–Kier alpha value is -1.10. The first-order valence-corrected chi connectivity index (χ1v) is 5.51. The first-order valence-electron chi connectivity index (χ1n) is 3.62. The van der Waals surface area contributed by atoms with Crippen molar-refractivity contribution in [2.24, 2.45) is 0 Å². The molecule has 3 nitrogen and oxygen atoms in total. The van der Waals surface area contributed by atoms with E-state index in [-0.39, 0.29) is 5.82 Å². The highest BCUT2D eigenvalue weighted by molar-refractivity contribution is 7.92. The van der Waals surface area contributed by atoms with Gasteiger partial charge < -0.3 is 0 Å². The van der Waals surface area contributed by atoms with Gasteiger partial charge in [0.25, 0.3) is 0 Å². The van der Waals surface area contributed by atoms with Gasteiger partial charge >= 0.3 is 0 Å². The van der Waals surface area contributed by atoms with Gasteiger partial charge in [-0.3, -0.25) is 4.72 Å². The van der Waals surface area contributed by atoms with Gasteiger partial charge in [-0.05, 0) is 30.7 Å². The number of nitrogens with one attached hydrogen (secondary N) is 1. The van der Waals surface area contributed by atoms with E-state index in [1.165, 1.54) is 18.2 Å². The quantitative estimate of drug-likeness (QED) is 0.791. The summed E-state index contributed by atoms with van der Waals surface area (Å²) in [6.45, 7) is 1.64. The molecule has 0 aliphatic carbocycles. The third-order valence-electron chi connectivity index (χ3n) is 1.48. The van der Waals surface area contributed by atoms with Crippen LogP contribution in [0.3, 0.4) is 0 Å². The van der Waals surface area contributed by atoms with Crippen LogP contribution in [-0.2, 0) is 10.0 Å². The summed E-state index contributed by atoms with van der Waals surface area (Å²) in [6.07, 6.45) is 1.05. The maximum Gasteiger partial charge on any atom is 0.229 e. The molecule has 5 heteroatoms. The molecular formula is C8H10FNO2S. The van der Waals surface area contributed by atoms with Gasteiger partial charge in [0.05, 0.1) is 11.9 Å². The number of hydrogen-bond donors (Lipinski definition) is 1. The first kappa shape index (κ1) is 9.98. The lowest BCUT2D eigenvalue weighted by molar-refractivity contribution is 0.606. The standard InChI is InChI=1S/C8H10FNO2S/c1-6-5-7(9)3-4-8(6)10-13(2,11)12/h3-5,10H,1-2H3. The molecule has 0 spiro atoms. The van der Waals surface area contributed by atoms with Crippen LogP contribution in [0.2, 0.25) is 0 Å². The van der Waals surface area contributed by atoms with E-state index in [1.54, 1.807) is 6.92 Å².